The molecule has 0 spiro atoms. The molecule has 1 aliphatic carbocycles. The summed E-state index contributed by atoms with van der Waals surface area (Å²) >= 11 is 0. The molecule has 1 amide bonds. The zero-order valence-electron chi connectivity index (χ0n) is 22.9. The van der Waals surface area contributed by atoms with Crippen LogP contribution in [0.1, 0.15) is 45.3 Å². The summed E-state index contributed by atoms with van der Waals surface area (Å²) < 4.78 is 12.5. The van der Waals surface area contributed by atoms with Crippen LogP contribution in [0.4, 0.5) is 16.3 Å². The van der Waals surface area contributed by atoms with E-state index in [0.717, 1.165) is 24.3 Å². The van der Waals surface area contributed by atoms with E-state index in [2.05, 4.69) is 20.0 Å². The van der Waals surface area contributed by atoms with Gasteiger partial charge in [-0.3, -0.25) is 0 Å². The van der Waals surface area contributed by atoms with Gasteiger partial charge in [0.05, 0.1) is 34.6 Å². The summed E-state index contributed by atoms with van der Waals surface area (Å²) in [6.07, 6.45) is 6.22. The van der Waals surface area contributed by atoms with Crippen LogP contribution in [-0.4, -0.2) is 89.7 Å². The number of nitrogens with two attached hydrogens (primary N) is 1. The molecule has 0 bridgehead atoms. The van der Waals surface area contributed by atoms with E-state index in [4.69, 9.17) is 35.2 Å². The molecular weight excluding hydrogens is 532 g/mol. The van der Waals surface area contributed by atoms with Crippen LogP contribution in [0.5, 0.6) is 0 Å². The third kappa shape index (κ3) is 4.98. The maximum absolute atomic E-state index is 12.1. The molecule has 5 heterocycles. The maximum atomic E-state index is 12.1. The lowest BCUT2D eigenvalue weighted by atomic mass is 10.1. The number of rotatable bonds is 6. The molecule has 4 aromatic heterocycles. The molecule has 15 heteroatoms. The topological polar surface area (TPSA) is 192 Å². The van der Waals surface area contributed by atoms with Crippen LogP contribution in [0.25, 0.3) is 33.8 Å². The Balaban J connectivity index is 1.30. The fourth-order valence-corrected chi connectivity index (χ4v) is 4.89. The summed E-state index contributed by atoms with van der Waals surface area (Å²) in [5.41, 5.74) is 9.01. The highest BCUT2D eigenvalue weighted by Gasteiger charge is 2.36. The first-order chi connectivity index (χ1) is 19.6. The molecule has 1 saturated heterocycles. The van der Waals surface area contributed by atoms with Crippen LogP contribution >= 0.6 is 0 Å². The standard InChI is InChI=1S/C26H30N10O5/c1-26(2,3)36-24-18(22(27)30-13-31-24)19(32-36)20-17(21(41-33-20)14-4-5-14)23-28-10-15(11-29-23)34-6-8-35(9-7-34)25(39)40-12-16(37)38/h10-11,13-14H,4-9,12H2,1-3H3,(H,37,38)(H2,27,30,31). The number of fused-ring (bicyclic) bond motifs is 1. The summed E-state index contributed by atoms with van der Waals surface area (Å²) in [6.45, 7) is 7.24. The maximum Gasteiger partial charge on any atom is 0.410 e. The summed E-state index contributed by atoms with van der Waals surface area (Å²) in [5, 5.41) is 18.6. The number of carboxylic acid groups (broad SMARTS) is 1. The van der Waals surface area contributed by atoms with E-state index >= 15 is 0 Å². The van der Waals surface area contributed by atoms with Crippen molar-refractivity contribution in [2.75, 3.05) is 43.4 Å². The average Bonchev–Trinajstić information content (AvgIpc) is 3.57. The molecule has 0 aromatic carbocycles. The number of carboxylic acids is 1. The minimum absolute atomic E-state index is 0.230. The number of carbonyl (C=O) groups is 2. The van der Waals surface area contributed by atoms with Crippen LogP contribution in [0.2, 0.25) is 0 Å². The molecule has 41 heavy (non-hydrogen) atoms. The van der Waals surface area contributed by atoms with E-state index in [1.165, 1.54) is 11.2 Å². The molecule has 3 N–H and O–H groups in total. The fourth-order valence-electron chi connectivity index (χ4n) is 4.89. The van der Waals surface area contributed by atoms with Gasteiger partial charge < -0.3 is 29.9 Å². The van der Waals surface area contributed by atoms with Gasteiger partial charge in [0.25, 0.3) is 0 Å². The van der Waals surface area contributed by atoms with Gasteiger partial charge in [0.15, 0.2) is 23.8 Å². The van der Waals surface area contributed by atoms with Gasteiger partial charge in [-0.15, -0.1) is 0 Å². The monoisotopic (exact) mass is 562 g/mol. The second kappa shape index (κ2) is 9.98. The van der Waals surface area contributed by atoms with E-state index in [1.54, 1.807) is 12.4 Å². The zero-order valence-corrected chi connectivity index (χ0v) is 22.9. The number of hydrogen-bond acceptors (Lipinski definition) is 12. The van der Waals surface area contributed by atoms with Crippen molar-refractivity contribution in [2.45, 2.75) is 45.1 Å². The lowest BCUT2D eigenvalue weighted by Crippen LogP contribution is -2.49. The zero-order chi connectivity index (χ0) is 28.9. The predicted octanol–water partition coefficient (Wildman–Crippen LogP) is 2.50. The van der Waals surface area contributed by atoms with Gasteiger partial charge in [-0.2, -0.15) is 5.10 Å². The highest BCUT2D eigenvalue weighted by molar-refractivity contribution is 6.00. The van der Waals surface area contributed by atoms with E-state index in [0.29, 0.717) is 65.8 Å². The van der Waals surface area contributed by atoms with E-state index in [9.17, 15) is 9.59 Å². The third-order valence-corrected chi connectivity index (χ3v) is 7.10. The number of anilines is 2. The second-order valence-corrected chi connectivity index (χ2v) is 11.1. The Morgan fingerprint density at radius 1 is 1.07 bits per heavy atom. The molecule has 214 valence electrons. The minimum Gasteiger partial charge on any atom is -0.479 e. The van der Waals surface area contributed by atoms with Crippen LogP contribution < -0.4 is 10.6 Å². The summed E-state index contributed by atoms with van der Waals surface area (Å²) in [4.78, 5) is 44.3. The van der Waals surface area contributed by atoms with Crippen molar-refractivity contribution in [3.63, 3.8) is 0 Å². The highest BCUT2D eigenvalue weighted by Crippen LogP contribution is 2.48. The number of nitrogens with zero attached hydrogens (tertiary/aromatic N) is 9. The summed E-state index contributed by atoms with van der Waals surface area (Å²) in [7, 11) is 0. The minimum atomic E-state index is -1.19. The quantitative estimate of drug-likeness (QED) is 0.349. The number of nitrogen functional groups attached to an aromatic ring is 1. The Bertz CT molecular complexity index is 1610. The van der Waals surface area contributed by atoms with Crippen LogP contribution in [0, 0.1) is 0 Å². The van der Waals surface area contributed by atoms with Crippen molar-refractivity contribution < 1.29 is 24.0 Å². The van der Waals surface area contributed by atoms with Gasteiger partial charge in [0.1, 0.15) is 23.5 Å². The van der Waals surface area contributed by atoms with Crippen molar-refractivity contribution in [2.24, 2.45) is 0 Å². The van der Waals surface area contributed by atoms with E-state index in [1.807, 2.05) is 25.5 Å². The van der Waals surface area contributed by atoms with Crippen molar-refractivity contribution in [3.05, 3.63) is 24.5 Å². The van der Waals surface area contributed by atoms with Crippen molar-refractivity contribution >= 4 is 34.6 Å². The third-order valence-electron chi connectivity index (χ3n) is 7.10. The van der Waals surface area contributed by atoms with Crippen molar-refractivity contribution in [3.8, 4) is 22.8 Å². The summed E-state index contributed by atoms with van der Waals surface area (Å²) in [5.74, 6) is 0.507. The number of amides is 1. The Kier molecular flexibility index (Phi) is 6.43. The molecule has 6 rings (SSSR count). The van der Waals surface area contributed by atoms with Crippen molar-refractivity contribution in [1.29, 1.82) is 0 Å². The smallest absolute Gasteiger partial charge is 0.410 e. The molecule has 1 aliphatic heterocycles. The fraction of sp³-hybridized carbons (Fsp3) is 0.462. The molecule has 0 atom stereocenters. The number of piperazine rings is 1. The molecule has 2 fully saturated rings. The molecule has 15 nitrogen and oxygen atoms in total. The molecular formula is C26H30N10O5. The van der Waals surface area contributed by atoms with Crippen LogP contribution in [0.15, 0.2) is 23.2 Å². The number of ether oxygens (including phenoxy) is 1. The molecule has 0 radical (unpaired) electrons. The molecule has 2 aliphatic rings. The van der Waals surface area contributed by atoms with Gasteiger partial charge in [0.2, 0.25) is 0 Å². The van der Waals surface area contributed by atoms with Gasteiger partial charge in [0, 0.05) is 32.1 Å². The Morgan fingerprint density at radius 3 is 2.41 bits per heavy atom. The first-order valence-corrected chi connectivity index (χ1v) is 13.3. The highest BCUT2D eigenvalue weighted by atomic mass is 16.6. The van der Waals surface area contributed by atoms with Crippen molar-refractivity contribution in [1.82, 2.24) is 39.8 Å². The lowest BCUT2D eigenvalue weighted by molar-refractivity contribution is -0.140. The largest absolute Gasteiger partial charge is 0.479 e. The Hall–Kier alpha value is -4.82. The van der Waals surface area contributed by atoms with E-state index < -0.39 is 18.7 Å². The van der Waals surface area contributed by atoms with Gasteiger partial charge in [-0.05, 0) is 33.6 Å². The van der Waals surface area contributed by atoms with Gasteiger partial charge in [-0.25, -0.2) is 34.2 Å². The first-order valence-electron chi connectivity index (χ1n) is 13.3. The van der Waals surface area contributed by atoms with Crippen LogP contribution in [-0.2, 0) is 15.1 Å². The normalized spacial score (nSPS) is 15.9. The molecule has 4 aromatic rings. The Morgan fingerprint density at radius 2 is 1.78 bits per heavy atom. The number of hydrogen-bond donors (Lipinski definition) is 2. The lowest BCUT2D eigenvalue weighted by Gasteiger charge is -2.35. The number of carbonyl (C=O) groups excluding carboxylic acids is 1. The van der Waals surface area contributed by atoms with Gasteiger partial charge in [-0.1, -0.05) is 5.16 Å². The predicted molar refractivity (Wildman–Crippen MR) is 146 cm³/mol. The average molecular weight is 563 g/mol. The summed E-state index contributed by atoms with van der Waals surface area (Å²) in [6, 6.07) is 0. The number of aromatic nitrogens is 7. The van der Waals surface area contributed by atoms with Crippen LogP contribution in [0.3, 0.4) is 0 Å². The second-order valence-electron chi connectivity index (χ2n) is 11.1. The van der Waals surface area contributed by atoms with Gasteiger partial charge >= 0.3 is 12.1 Å². The molecule has 0 unspecified atom stereocenters. The Labute approximate surface area is 234 Å². The van der Waals surface area contributed by atoms with E-state index in [-0.39, 0.29) is 11.5 Å². The SMILES string of the molecule is CC(C)(C)n1nc(-c2noc(C3CC3)c2-c2ncc(N3CCN(C(=O)OCC(=O)O)CC3)cn2)c2c(N)ncnc21. The molecule has 1 saturated carbocycles. The number of aliphatic carboxylic acids is 1. The first kappa shape index (κ1) is 26.4.